The van der Waals surface area contributed by atoms with Gasteiger partial charge in [-0.15, -0.1) is 0 Å². The van der Waals surface area contributed by atoms with Gasteiger partial charge in [0.1, 0.15) is 12.2 Å². The van der Waals surface area contributed by atoms with Gasteiger partial charge in [-0.1, -0.05) is 26.7 Å². The van der Waals surface area contributed by atoms with E-state index < -0.39 is 41.7 Å². The molecule has 2 aromatic rings. The maximum Gasteiger partial charge on any atom is 0.332 e. The lowest BCUT2D eigenvalue weighted by Crippen LogP contribution is -2.41. The normalized spacial score (nSPS) is 23.9. The van der Waals surface area contributed by atoms with Crippen molar-refractivity contribution in [3.05, 3.63) is 27.2 Å². The third kappa shape index (κ3) is 3.68. The Balaban J connectivity index is 2.16. The molecule has 0 radical (unpaired) electrons. The summed E-state index contributed by atoms with van der Waals surface area (Å²) in [4.78, 5) is 42.3. The highest BCUT2D eigenvalue weighted by Crippen LogP contribution is 2.31. The lowest BCUT2D eigenvalue weighted by molar-refractivity contribution is -0.137. The van der Waals surface area contributed by atoms with Gasteiger partial charge >= 0.3 is 5.69 Å². The average Bonchev–Trinajstić information content (AvgIpc) is 3.29. The Labute approximate surface area is 172 Å². The second kappa shape index (κ2) is 9.11. The number of fused-ring (bicyclic) bond motifs is 1. The van der Waals surface area contributed by atoms with Crippen LogP contribution in [0, 0.1) is 0 Å². The van der Waals surface area contributed by atoms with Crippen LogP contribution in [0.1, 0.15) is 45.8 Å². The number of aryl methyl sites for hydroxylation is 1. The van der Waals surface area contributed by atoms with Crippen LogP contribution < -0.4 is 16.6 Å². The summed E-state index contributed by atoms with van der Waals surface area (Å²) in [5.41, 5.74) is -0.673. The molecule has 166 valence electrons. The zero-order valence-corrected chi connectivity index (χ0v) is 17.4. The van der Waals surface area contributed by atoms with Gasteiger partial charge in [-0.25, -0.2) is 9.78 Å². The third-order valence-corrected chi connectivity index (χ3v) is 5.43. The molecule has 4 unspecified atom stereocenters. The Bertz CT molecular complexity index is 1020. The zero-order valence-electron chi connectivity index (χ0n) is 17.4. The first kappa shape index (κ1) is 22.2. The van der Waals surface area contributed by atoms with E-state index in [9.17, 15) is 24.6 Å². The van der Waals surface area contributed by atoms with Crippen molar-refractivity contribution in [1.82, 2.24) is 24.0 Å². The van der Waals surface area contributed by atoms with Gasteiger partial charge in [0.25, 0.3) is 11.5 Å². The number of ether oxygens (including phenoxy) is 1. The lowest BCUT2D eigenvalue weighted by Gasteiger charge is -2.18. The van der Waals surface area contributed by atoms with Gasteiger partial charge in [0.2, 0.25) is 0 Å². The first-order valence-corrected chi connectivity index (χ1v) is 10.3. The Kier molecular flexibility index (Phi) is 6.74. The minimum Gasteiger partial charge on any atom is -0.387 e. The maximum atomic E-state index is 13.2. The second-order valence-electron chi connectivity index (χ2n) is 7.46. The van der Waals surface area contributed by atoms with Crippen molar-refractivity contribution < 1.29 is 19.7 Å². The number of amides is 1. The highest BCUT2D eigenvalue weighted by molar-refractivity contribution is 5.81. The van der Waals surface area contributed by atoms with E-state index in [2.05, 4.69) is 10.3 Å². The number of carbonyl (C=O) groups is 1. The molecule has 4 atom stereocenters. The molecule has 1 fully saturated rings. The van der Waals surface area contributed by atoms with E-state index in [0.717, 1.165) is 19.3 Å². The van der Waals surface area contributed by atoms with E-state index in [1.54, 1.807) is 0 Å². The standard InChI is InChI=1S/C19H29N5O6/c1-4-6-8-22-15-11(17(28)23(19(22)29)9-7-5-2)24(10-21-15)18-13(26)12(25)14(30-18)16(27)20-3/h10,12-14,18,25-26H,4-9H2,1-3H3,(H,20,27). The van der Waals surface area contributed by atoms with Gasteiger partial charge < -0.3 is 20.3 Å². The van der Waals surface area contributed by atoms with Crippen LogP contribution in [-0.2, 0) is 22.6 Å². The largest absolute Gasteiger partial charge is 0.387 e. The fraction of sp³-hybridized carbons (Fsp3) is 0.684. The molecule has 11 heteroatoms. The Hall–Kier alpha value is -2.50. The summed E-state index contributed by atoms with van der Waals surface area (Å²) in [6, 6.07) is 0. The fourth-order valence-electron chi connectivity index (χ4n) is 3.68. The molecule has 3 N–H and O–H groups in total. The molecule has 3 rings (SSSR count). The van der Waals surface area contributed by atoms with Crippen LogP contribution in [0.25, 0.3) is 11.2 Å². The SMILES string of the molecule is CCCCn1c(=O)c2c(ncn2C2OC(C(=O)NC)C(O)C2O)n(CCCC)c1=O. The van der Waals surface area contributed by atoms with Crippen molar-refractivity contribution >= 4 is 17.1 Å². The number of likely N-dealkylation sites (N-methyl/N-ethyl adjacent to an activating group) is 1. The molecule has 11 nitrogen and oxygen atoms in total. The highest BCUT2D eigenvalue weighted by Gasteiger charge is 2.47. The summed E-state index contributed by atoms with van der Waals surface area (Å²) >= 11 is 0. The molecule has 3 heterocycles. The number of nitrogens with zero attached hydrogens (tertiary/aromatic N) is 4. The monoisotopic (exact) mass is 423 g/mol. The number of hydrogen-bond acceptors (Lipinski definition) is 7. The van der Waals surface area contributed by atoms with Crippen LogP contribution in [0.15, 0.2) is 15.9 Å². The van der Waals surface area contributed by atoms with Crippen LogP contribution in [0.4, 0.5) is 0 Å². The van der Waals surface area contributed by atoms with E-state index >= 15 is 0 Å². The van der Waals surface area contributed by atoms with E-state index in [1.807, 2.05) is 13.8 Å². The van der Waals surface area contributed by atoms with E-state index in [4.69, 9.17) is 4.74 Å². The average molecular weight is 423 g/mol. The van der Waals surface area contributed by atoms with Gasteiger partial charge in [0, 0.05) is 20.1 Å². The number of aromatic nitrogens is 4. The Morgan fingerprint density at radius 2 is 1.77 bits per heavy atom. The fourth-order valence-corrected chi connectivity index (χ4v) is 3.68. The summed E-state index contributed by atoms with van der Waals surface area (Å²) in [6.45, 7) is 4.62. The summed E-state index contributed by atoms with van der Waals surface area (Å²) in [6.07, 6.45) is -1.07. The predicted octanol–water partition coefficient (Wildman–Crippen LogP) is -0.675. The summed E-state index contributed by atoms with van der Waals surface area (Å²) in [7, 11) is 1.39. The number of hydrogen-bond donors (Lipinski definition) is 3. The maximum absolute atomic E-state index is 13.2. The lowest BCUT2D eigenvalue weighted by atomic mass is 10.1. The van der Waals surface area contributed by atoms with Crippen LogP contribution in [0.3, 0.4) is 0 Å². The predicted molar refractivity (Wildman–Crippen MR) is 108 cm³/mol. The first-order chi connectivity index (χ1) is 14.4. The molecule has 0 bridgehead atoms. The molecule has 0 aromatic carbocycles. The Morgan fingerprint density at radius 3 is 2.37 bits per heavy atom. The molecule has 0 saturated carbocycles. The smallest absolute Gasteiger partial charge is 0.332 e. The number of aliphatic hydroxyl groups excluding tert-OH is 2. The molecular weight excluding hydrogens is 394 g/mol. The van der Waals surface area contributed by atoms with E-state index in [1.165, 1.54) is 27.1 Å². The Morgan fingerprint density at radius 1 is 1.13 bits per heavy atom. The van der Waals surface area contributed by atoms with E-state index in [0.29, 0.717) is 13.0 Å². The minimum absolute atomic E-state index is 0.0932. The van der Waals surface area contributed by atoms with Gasteiger partial charge in [-0.05, 0) is 12.8 Å². The number of rotatable bonds is 8. The van der Waals surface area contributed by atoms with Crippen molar-refractivity contribution in [1.29, 1.82) is 0 Å². The van der Waals surface area contributed by atoms with Crippen molar-refractivity contribution in [3.8, 4) is 0 Å². The van der Waals surface area contributed by atoms with Crippen LogP contribution >= 0.6 is 0 Å². The molecule has 2 aromatic heterocycles. The summed E-state index contributed by atoms with van der Waals surface area (Å²) < 4.78 is 9.53. The molecule has 1 amide bonds. The number of carbonyl (C=O) groups excluding carboxylic acids is 1. The molecule has 1 aliphatic rings. The summed E-state index contributed by atoms with van der Waals surface area (Å²) in [5.74, 6) is -0.589. The van der Waals surface area contributed by atoms with Crippen molar-refractivity contribution in [2.24, 2.45) is 0 Å². The number of unbranched alkanes of at least 4 members (excludes halogenated alkanes) is 2. The first-order valence-electron chi connectivity index (χ1n) is 10.3. The molecule has 1 saturated heterocycles. The second-order valence-corrected chi connectivity index (χ2v) is 7.46. The summed E-state index contributed by atoms with van der Waals surface area (Å²) in [5, 5.41) is 23.1. The molecular formula is C19H29N5O6. The van der Waals surface area contributed by atoms with Crippen LogP contribution in [-0.4, -0.2) is 60.2 Å². The minimum atomic E-state index is -1.47. The van der Waals surface area contributed by atoms with Crippen molar-refractivity contribution in [2.75, 3.05) is 7.05 Å². The number of aliphatic hydroxyl groups is 2. The van der Waals surface area contributed by atoms with Gasteiger partial charge in [0.15, 0.2) is 23.5 Å². The quantitative estimate of drug-likeness (QED) is 0.511. The van der Waals surface area contributed by atoms with Crippen molar-refractivity contribution in [3.63, 3.8) is 0 Å². The third-order valence-electron chi connectivity index (χ3n) is 5.43. The molecule has 0 aliphatic carbocycles. The van der Waals surface area contributed by atoms with Crippen LogP contribution in [0.5, 0.6) is 0 Å². The molecule has 30 heavy (non-hydrogen) atoms. The van der Waals surface area contributed by atoms with Gasteiger partial charge in [-0.3, -0.25) is 23.3 Å². The highest BCUT2D eigenvalue weighted by atomic mass is 16.6. The number of nitrogens with one attached hydrogen (secondary N) is 1. The molecule has 1 aliphatic heterocycles. The van der Waals surface area contributed by atoms with E-state index in [-0.39, 0.29) is 17.7 Å². The van der Waals surface area contributed by atoms with Gasteiger partial charge in [-0.2, -0.15) is 0 Å². The zero-order chi connectivity index (χ0) is 22.0. The van der Waals surface area contributed by atoms with Crippen LogP contribution in [0.2, 0.25) is 0 Å². The van der Waals surface area contributed by atoms with Crippen molar-refractivity contribution in [2.45, 2.75) is 77.2 Å². The molecule has 0 spiro atoms. The topological polar surface area (TPSA) is 141 Å². The number of imidazole rings is 1. The van der Waals surface area contributed by atoms with Gasteiger partial charge in [0.05, 0.1) is 6.33 Å².